The second-order valence-corrected chi connectivity index (χ2v) is 8.24. The Kier molecular flexibility index (Phi) is 6.10. The summed E-state index contributed by atoms with van der Waals surface area (Å²) in [4.78, 5) is 4.25. The van der Waals surface area contributed by atoms with E-state index in [1.165, 1.54) is 12.8 Å². The van der Waals surface area contributed by atoms with Gasteiger partial charge >= 0.3 is 0 Å². The summed E-state index contributed by atoms with van der Waals surface area (Å²) in [6, 6.07) is 0.589. The molecule has 23 heavy (non-hydrogen) atoms. The number of piperidine rings is 1. The number of hydrogen-bond acceptors (Lipinski definition) is 4. The van der Waals surface area contributed by atoms with E-state index in [4.69, 9.17) is 0 Å². The van der Waals surface area contributed by atoms with Gasteiger partial charge in [0, 0.05) is 31.9 Å². The summed E-state index contributed by atoms with van der Waals surface area (Å²) in [6.07, 6.45) is 6.04. The first-order chi connectivity index (χ1) is 10.5. The molecule has 1 aromatic heterocycles. The van der Waals surface area contributed by atoms with Crippen molar-refractivity contribution in [2.45, 2.75) is 57.1 Å². The van der Waals surface area contributed by atoms with Gasteiger partial charge in [-0.15, -0.1) is 12.4 Å². The minimum atomic E-state index is -3.44. The van der Waals surface area contributed by atoms with E-state index in [1.807, 2.05) is 18.4 Å². The first kappa shape index (κ1) is 18.7. The second-order valence-electron chi connectivity index (χ2n) is 6.36. The highest BCUT2D eigenvalue weighted by atomic mass is 35.5. The number of halogens is 1. The van der Waals surface area contributed by atoms with Gasteiger partial charge in [0.2, 0.25) is 0 Å². The Morgan fingerprint density at radius 2 is 2.00 bits per heavy atom. The molecule has 0 aromatic carbocycles. The van der Waals surface area contributed by atoms with Gasteiger partial charge in [-0.2, -0.15) is 4.31 Å². The molecule has 3 heterocycles. The summed E-state index contributed by atoms with van der Waals surface area (Å²) in [6.45, 7) is 6.92. The fourth-order valence-electron chi connectivity index (χ4n) is 3.69. The van der Waals surface area contributed by atoms with Gasteiger partial charge in [-0.3, -0.25) is 0 Å². The van der Waals surface area contributed by atoms with E-state index in [1.54, 1.807) is 10.5 Å². The van der Waals surface area contributed by atoms with E-state index in [2.05, 4.69) is 10.3 Å². The molecule has 2 aliphatic rings. The quantitative estimate of drug-likeness (QED) is 0.886. The van der Waals surface area contributed by atoms with Crippen LogP contribution in [-0.2, 0) is 16.6 Å². The summed E-state index contributed by atoms with van der Waals surface area (Å²) < 4.78 is 29.0. The highest BCUT2D eigenvalue weighted by Gasteiger charge is 2.34. The minimum Gasteiger partial charge on any atom is -0.334 e. The maximum Gasteiger partial charge on any atom is 0.262 e. The monoisotopic (exact) mass is 362 g/mol. The van der Waals surface area contributed by atoms with Crippen molar-refractivity contribution in [2.24, 2.45) is 5.92 Å². The van der Waals surface area contributed by atoms with E-state index in [0.717, 1.165) is 31.8 Å². The standard InChI is InChI=1S/C15H26N4O2S.ClH/c1-3-18-11-15(17-12(18)2)22(20,21)19-9-6-13(7-10-19)14-5-4-8-16-14;/h11,13-14,16H,3-10H2,1-2H3;1H. The van der Waals surface area contributed by atoms with Crippen LogP contribution in [0.3, 0.4) is 0 Å². The van der Waals surface area contributed by atoms with Gasteiger partial charge < -0.3 is 9.88 Å². The number of nitrogens with one attached hydrogen (secondary N) is 1. The van der Waals surface area contributed by atoms with Gasteiger partial charge in [-0.1, -0.05) is 0 Å². The molecule has 2 saturated heterocycles. The average molecular weight is 363 g/mol. The maximum absolute atomic E-state index is 12.7. The van der Waals surface area contributed by atoms with Crippen LogP contribution in [0.4, 0.5) is 0 Å². The Morgan fingerprint density at radius 3 is 2.52 bits per heavy atom. The molecule has 0 saturated carbocycles. The van der Waals surface area contributed by atoms with Crippen molar-refractivity contribution in [3.05, 3.63) is 12.0 Å². The van der Waals surface area contributed by atoms with Crippen LogP contribution >= 0.6 is 12.4 Å². The van der Waals surface area contributed by atoms with Crippen molar-refractivity contribution in [3.63, 3.8) is 0 Å². The molecule has 0 amide bonds. The van der Waals surface area contributed by atoms with E-state index in [0.29, 0.717) is 25.0 Å². The summed E-state index contributed by atoms with van der Waals surface area (Å²) in [5.74, 6) is 1.37. The average Bonchev–Trinajstić information content (AvgIpc) is 3.17. The zero-order valence-electron chi connectivity index (χ0n) is 13.9. The molecule has 6 nitrogen and oxygen atoms in total. The summed E-state index contributed by atoms with van der Waals surface area (Å²) in [5, 5.41) is 3.74. The van der Waals surface area contributed by atoms with Crippen LogP contribution in [0.15, 0.2) is 11.2 Å². The lowest BCUT2D eigenvalue weighted by Gasteiger charge is -2.33. The lowest BCUT2D eigenvalue weighted by Crippen LogP contribution is -2.43. The topological polar surface area (TPSA) is 67.2 Å². The molecule has 132 valence electrons. The predicted octanol–water partition coefficient (Wildman–Crippen LogP) is 1.79. The molecule has 1 atom stereocenters. The van der Waals surface area contributed by atoms with E-state index < -0.39 is 10.0 Å². The molecule has 0 spiro atoms. The van der Waals surface area contributed by atoms with E-state index in [9.17, 15) is 8.42 Å². The van der Waals surface area contributed by atoms with Gasteiger partial charge in [0.05, 0.1) is 0 Å². The fourth-order valence-corrected chi connectivity index (χ4v) is 5.15. The number of aryl methyl sites for hydroxylation is 2. The van der Waals surface area contributed by atoms with E-state index in [-0.39, 0.29) is 17.4 Å². The zero-order chi connectivity index (χ0) is 15.7. The van der Waals surface area contributed by atoms with Gasteiger partial charge in [-0.05, 0) is 52.0 Å². The third kappa shape index (κ3) is 3.73. The molecule has 0 bridgehead atoms. The van der Waals surface area contributed by atoms with Crippen molar-refractivity contribution < 1.29 is 8.42 Å². The molecule has 0 radical (unpaired) electrons. The first-order valence-electron chi connectivity index (χ1n) is 8.29. The van der Waals surface area contributed by atoms with Crippen molar-refractivity contribution in [1.29, 1.82) is 0 Å². The van der Waals surface area contributed by atoms with Crippen LogP contribution in [-0.4, -0.2) is 48.0 Å². The number of nitrogens with zero attached hydrogens (tertiary/aromatic N) is 3. The van der Waals surface area contributed by atoms with Crippen LogP contribution in [0.2, 0.25) is 0 Å². The number of hydrogen-bond donors (Lipinski definition) is 1. The fraction of sp³-hybridized carbons (Fsp3) is 0.800. The van der Waals surface area contributed by atoms with Crippen LogP contribution in [0.25, 0.3) is 0 Å². The number of imidazole rings is 1. The van der Waals surface area contributed by atoms with Crippen LogP contribution < -0.4 is 5.32 Å². The summed E-state index contributed by atoms with van der Waals surface area (Å²) in [7, 11) is -3.44. The molecule has 3 rings (SSSR count). The SMILES string of the molecule is CCn1cc(S(=O)(=O)N2CCC(C3CCCN3)CC2)nc1C.Cl. The zero-order valence-corrected chi connectivity index (χ0v) is 15.5. The van der Waals surface area contributed by atoms with Crippen LogP contribution in [0, 0.1) is 12.8 Å². The molecule has 0 aliphatic carbocycles. The van der Waals surface area contributed by atoms with Gasteiger partial charge in [0.15, 0.2) is 5.03 Å². The molecule has 2 aliphatic heterocycles. The van der Waals surface area contributed by atoms with Crippen molar-refractivity contribution >= 4 is 22.4 Å². The predicted molar refractivity (Wildman–Crippen MR) is 92.4 cm³/mol. The summed E-state index contributed by atoms with van der Waals surface area (Å²) >= 11 is 0. The lowest BCUT2D eigenvalue weighted by atomic mass is 9.89. The van der Waals surface area contributed by atoms with E-state index >= 15 is 0 Å². The first-order valence-corrected chi connectivity index (χ1v) is 9.73. The van der Waals surface area contributed by atoms with Gasteiger partial charge in [0.25, 0.3) is 10.0 Å². The van der Waals surface area contributed by atoms with Gasteiger partial charge in [0.1, 0.15) is 5.82 Å². The third-order valence-electron chi connectivity index (χ3n) is 5.06. The van der Waals surface area contributed by atoms with Crippen molar-refractivity contribution in [3.8, 4) is 0 Å². The number of rotatable bonds is 4. The highest BCUT2D eigenvalue weighted by molar-refractivity contribution is 7.89. The Bertz CT molecular complexity index is 617. The second kappa shape index (κ2) is 7.51. The normalized spacial score (nSPS) is 23.8. The highest BCUT2D eigenvalue weighted by Crippen LogP contribution is 2.28. The van der Waals surface area contributed by atoms with Crippen molar-refractivity contribution in [1.82, 2.24) is 19.2 Å². The lowest BCUT2D eigenvalue weighted by molar-refractivity contribution is 0.233. The Labute approximate surface area is 145 Å². The third-order valence-corrected chi connectivity index (χ3v) is 6.84. The largest absolute Gasteiger partial charge is 0.334 e. The molecular weight excluding hydrogens is 336 g/mol. The number of sulfonamides is 1. The minimum absolute atomic E-state index is 0. The van der Waals surface area contributed by atoms with Gasteiger partial charge in [-0.25, -0.2) is 13.4 Å². The molecule has 8 heteroatoms. The molecule has 1 aromatic rings. The maximum atomic E-state index is 12.7. The molecule has 1 N–H and O–H groups in total. The Morgan fingerprint density at radius 1 is 1.30 bits per heavy atom. The number of aromatic nitrogens is 2. The van der Waals surface area contributed by atoms with Crippen LogP contribution in [0.1, 0.15) is 38.4 Å². The van der Waals surface area contributed by atoms with Crippen LogP contribution in [0.5, 0.6) is 0 Å². The Hall–Kier alpha value is -0.630. The van der Waals surface area contributed by atoms with Crippen molar-refractivity contribution in [2.75, 3.05) is 19.6 Å². The molecular formula is C15H27ClN4O2S. The molecule has 1 unspecified atom stereocenters. The summed E-state index contributed by atoms with van der Waals surface area (Å²) in [5.41, 5.74) is 0. The smallest absolute Gasteiger partial charge is 0.262 e. The Balaban J connectivity index is 0.00000192. The molecule has 2 fully saturated rings.